The Hall–Kier alpha value is -1.63. The van der Waals surface area contributed by atoms with Crippen molar-refractivity contribution in [3.8, 4) is 0 Å². The highest BCUT2D eigenvalue weighted by atomic mass is 16.6. The van der Waals surface area contributed by atoms with E-state index in [2.05, 4.69) is 9.47 Å². The summed E-state index contributed by atoms with van der Waals surface area (Å²) in [5, 5.41) is 10.0. The van der Waals surface area contributed by atoms with Crippen molar-refractivity contribution in [1.82, 2.24) is 0 Å². The molecule has 0 fully saturated rings. The maximum Gasteiger partial charge on any atom is 0.303 e. The normalized spacial score (nSPS) is 15.2. The topological polar surface area (TPSA) is 99.1 Å². The Morgan fingerprint density at radius 3 is 1.94 bits per heavy atom. The van der Waals surface area contributed by atoms with Crippen LogP contribution in [-0.4, -0.2) is 47.9 Å². The summed E-state index contributed by atoms with van der Waals surface area (Å²) in [5.74, 6) is -1.80. The van der Waals surface area contributed by atoms with Gasteiger partial charge in [0.15, 0.2) is 6.10 Å². The van der Waals surface area contributed by atoms with E-state index in [-0.39, 0.29) is 13.2 Å². The number of carbonyl (C=O) groups excluding carboxylic acids is 3. The molecule has 0 aromatic rings. The number of ether oxygens (including phenoxy) is 3. The zero-order valence-electron chi connectivity index (χ0n) is 10.9. The molecule has 0 heterocycles. The van der Waals surface area contributed by atoms with Crippen molar-refractivity contribution in [2.45, 2.75) is 39.4 Å². The SMILES string of the molecule is CC(=O)OCC(OC(C)=O)C(C)(O)COC(C)=O. The van der Waals surface area contributed by atoms with Crippen molar-refractivity contribution in [3.63, 3.8) is 0 Å². The van der Waals surface area contributed by atoms with Gasteiger partial charge < -0.3 is 19.3 Å². The van der Waals surface area contributed by atoms with Crippen molar-refractivity contribution in [2.75, 3.05) is 13.2 Å². The smallest absolute Gasteiger partial charge is 0.303 e. The van der Waals surface area contributed by atoms with Crippen molar-refractivity contribution in [2.24, 2.45) is 0 Å². The summed E-state index contributed by atoms with van der Waals surface area (Å²) in [7, 11) is 0. The summed E-state index contributed by atoms with van der Waals surface area (Å²) in [5.41, 5.74) is -1.65. The van der Waals surface area contributed by atoms with Gasteiger partial charge in [0.1, 0.15) is 18.8 Å². The first-order chi connectivity index (χ1) is 8.15. The van der Waals surface area contributed by atoms with Crippen LogP contribution in [0.4, 0.5) is 0 Å². The van der Waals surface area contributed by atoms with Gasteiger partial charge >= 0.3 is 17.9 Å². The van der Waals surface area contributed by atoms with E-state index in [9.17, 15) is 19.5 Å². The first-order valence-electron chi connectivity index (χ1n) is 5.31. The highest BCUT2D eigenvalue weighted by Crippen LogP contribution is 2.15. The molecule has 0 saturated carbocycles. The Kier molecular flexibility index (Phi) is 6.32. The quantitative estimate of drug-likeness (QED) is 0.522. The fourth-order valence-corrected chi connectivity index (χ4v) is 1.07. The van der Waals surface area contributed by atoms with E-state index in [1.54, 1.807) is 0 Å². The Morgan fingerprint density at radius 2 is 1.56 bits per heavy atom. The molecule has 0 bridgehead atoms. The fourth-order valence-electron chi connectivity index (χ4n) is 1.07. The molecule has 2 unspecified atom stereocenters. The van der Waals surface area contributed by atoms with E-state index >= 15 is 0 Å². The van der Waals surface area contributed by atoms with Crippen molar-refractivity contribution >= 4 is 17.9 Å². The molecule has 18 heavy (non-hydrogen) atoms. The van der Waals surface area contributed by atoms with Crippen LogP contribution >= 0.6 is 0 Å². The van der Waals surface area contributed by atoms with Gasteiger partial charge in [0.05, 0.1) is 0 Å². The summed E-state index contributed by atoms with van der Waals surface area (Å²) in [6.45, 7) is 4.15. The second kappa shape index (κ2) is 6.95. The predicted molar refractivity (Wildman–Crippen MR) is 59.4 cm³/mol. The fraction of sp³-hybridized carbons (Fsp3) is 0.727. The maximum atomic E-state index is 10.9. The highest BCUT2D eigenvalue weighted by molar-refractivity contribution is 5.67. The summed E-state index contributed by atoms with van der Waals surface area (Å²) >= 11 is 0. The van der Waals surface area contributed by atoms with Crippen LogP contribution in [0.25, 0.3) is 0 Å². The monoisotopic (exact) mass is 262 g/mol. The van der Waals surface area contributed by atoms with Gasteiger partial charge in [-0.25, -0.2) is 0 Å². The second-order valence-corrected chi connectivity index (χ2v) is 4.04. The van der Waals surface area contributed by atoms with E-state index in [0.717, 1.165) is 6.92 Å². The molecule has 0 aliphatic rings. The van der Waals surface area contributed by atoms with Gasteiger partial charge in [-0.05, 0) is 6.92 Å². The summed E-state index contributed by atoms with van der Waals surface area (Å²) in [6.07, 6.45) is -1.11. The van der Waals surface area contributed by atoms with Gasteiger partial charge in [0, 0.05) is 20.8 Å². The molecule has 7 nitrogen and oxygen atoms in total. The molecule has 0 aliphatic heterocycles. The van der Waals surface area contributed by atoms with Crippen LogP contribution < -0.4 is 0 Å². The molecule has 0 aromatic carbocycles. The maximum absolute atomic E-state index is 10.9. The molecule has 0 saturated heterocycles. The van der Waals surface area contributed by atoms with E-state index in [1.807, 2.05) is 0 Å². The third-order valence-corrected chi connectivity index (χ3v) is 2.01. The molecule has 0 aliphatic carbocycles. The minimum Gasteiger partial charge on any atom is -0.463 e. The molecule has 104 valence electrons. The van der Waals surface area contributed by atoms with Gasteiger partial charge in [-0.3, -0.25) is 14.4 Å². The van der Waals surface area contributed by atoms with Gasteiger partial charge in [-0.1, -0.05) is 0 Å². The lowest BCUT2D eigenvalue weighted by Gasteiger charge is -2.30. The Balaban J connectivity index is 4.63. The molecule has 1 N–H and O–H groups in total. The third-order valence-electron chi connectivity index (χ3n) is 2.01. The van der Waals surface area contributed by atoms with Crippen molar-refractivity contribution in [3.05, 3.63) is 0 Å². The largest absolute Gasteiger partial charge is 0.463 e. The van der Waals surface area contributed by atoms with E-state index in [0.29, 0.717) is 0 Å². The van der Waals surface area contributed by atoms with Gasteiger partial charge in [0.25, 0.3) is 0 Å². The minimum atomic E-state index is -1.65. The molecule has 0 spiro atoms. The number of rotatable bonds is 6. The van der Waals surface area contributed by atoms with Crippen LogP contribution in [0.2, 0.25) is 0 Å². The Labute approximate surface area is 105 Å². The number of hydrogen-bond acceptors (Lipinski definition) is 7. The Morgan fingerprint density at radius 1 is 1.06 bits per heavy atom. The van der Waals surface area contributed by atoms with Crippen LogP contribution in [0, 0.1) is 0 Å². The standard InChI is InChI=1S/C11H18O7/c1-7(12)16-5-10(18-9(3)14)11(4,15)6-17-8(2)13/h10,15H,5-6H2,1-4H3. The van der Waals surface area contributed by atoms with Gasteiger partial charge in [0.2, 0.25) is 0 Å². The van der Waals surface area contributed by atoms with Crippen LogP contribution in [0.1, 0.15) is 27.7 Å². The van der Waals surface area contributed by atoms with Gasteiger partial charge in [-0.2, -0.15) is 0 Å². The van der Waals surface area contributed by atoms with Crippen LogP contribution in [0.5, 0.6) is 0 Å². The summed E-state index contributed by atoms with van der Waals surface area (Å²) < 4.78 is 14.2. The first-order valence-corrected chi connectivity index (χ1v) is 5.31. The molecule has 0 radical (unpaired) electrons. The van der Waals surface area contributed by atoms with E-state index in [1.165, 1.54) is 20.8 Å². The van der Waals surface area contributed by atoms with Crippen molar-refractivity contribution < 1.29 is 33.7 Å². The number of hydrogen-bond donors (Lipinski definition) is 1. The molecular weight excluding hydrogens is 244 g/mol. The molecule has 2 atom stereocenters. The number of carbonyl (C=O) groups is 3. The molecule has 0 rings (SSSR count). The lowest BCUT2D eigenvalue weighted by molar-refractivity contribution is -0.183. The zero-order valence-corrected chi connectivity index (χ0v) is 10.9. The van der Waals surface area contributed by atoms with Crippen molar-refractivity contribution in [1.29, 1.82) is 0 Å². The molecule has 0 amide bonds. The lowest BCUT2D eigenvalue weighted by atomic mass is 10.0. The summed E-state index contributed by atoms with van der Waals surface area (Å²) in [6, 6.07) is 0. The predicted octanol–water partition coefficient (Wildman–Crippen LogP) is -0.205. The molecule has 0 aromatic heterocycles. The molecular formula is C11H18O7. The van der Waals surface area contributed by atoms with Gasteiger partial charge in [-0.15, -0.1) is 0 Å². The second-order valence-electron chi connectivity index (χ2n) is 4.04. The number of aliphatic hydroxyl groups is 1. The van der Waals surface area contributed by atoms with Crippen LogP contribution in [0.3, 0.4) is 0 Å². The van der Waals surface area contributed by atoms with E-state index < -0.39 is 29.6 Å². The van der Waals surface area contributed by atoms with Crippen LogP contribution in [0.15, 0.2) is 0 Å². The lowest BCUT2D eigenvalue weighted by Crippen LogP contribution is -2.49. The zero-order chi connectivity index (χ0) is 14.3. The average Bonchev–Trinajstić information content (AvgIpc) is 2.20. The first kappa shape index (κ1) is 16.4. The minimum absolute atomic E-state index is 0.316. The highest BCUT2D eigenvalue weighted by Gasteiger charge is 2.37. The van der Waals surface area contributed by atoms with Crippen LogP contribution in [-0.2, 0) is 28.6 Å². The average molecular weight is 262 g/mol. The van der Waals surface area contributed by atoms with E-state index in [4.69, 9.17) is 4.74 Å². The number of esters is 3. The summed E-state index contributed by atoms with van der Waals surface area (Å²) in [4.78, 5) is 32.3. The third kappa shape index (κ3) is 6.85. The molecule has 7 heteroatoms. The Bertz CT molecular complexity index is 321.